The van der Waals surface area contributed by atoms with Crippen molar-refractivity contribution in [1.82, 2.24) is 0 Å². The Morgan fingerprint density at radius 2 is 2.19 bits per heavy atom. The zero-order valence-electron chi connectivity index (χ0n) is 12.7. The highest BCUT2D eigenvalue weighted by molar-refractivity contribution is 5.88. The molecule has 2 atom stereocenters. The zero-order chi connectivity index (χ0) is 15.6. The number of benzene rings is 1. The van der Waals surface area contributed by atoms with E-state index in [1.807, 2.05) is 20.8 Å². The first-order valence-electron chi connectivity index (χ1n) is 7.18. The number of ether oxygens (including phenoxy) is 1. The minimum Gasteiger partial charge on any atom is -0.485 e. The number of rotatable bonds is 4. The summed E-state index contributed by atoms with van der Waals surface area (Å²) in [6, 6.07) is 4.80. The van der Waals surface area contributed by atoms with Crippen LogP contribution in [-0.4, -0.2) is 27.9 Å². The monoisotopic (exact) mass is 290 g/mol. The normalized spacial score (nSPS) is 23.9. The lowest BCUT2D eigenvalue weighted by molar-refractivity contribution is -0.0587. The van der Waals surface area contributed by atoms with E-state index in [2.05, 4.69) is 6.08 Å². The van der Waals surface area contributed by atoms with Gasteiger partial charge in [-0.3, -0.25) is 0 Å². The minimum atomic E-state index is -0.968. The molecule has 4 heteroatoms. The number of carboxylic acids is 1. The van der Waals surface area contributed by atoms with Gasteiger partial charge < -0.3 is 14.9 Å². The summed E-state index contributed by atoms with van der Waals surface area (Å²) in [5.41, 5.74) is 1.58. The van der Waals surface area contributed by atoms with Crippen LogP contribution in [0.2, 0.25) is 0 Å². The minimum absolute atomic E-state index is 0.220. The van der Waals surface area contributed by atoms with Gasteiger partial charge in [-0.1, -0.05) is 11.6 Å². The zero-order valence-corrected chi connectivity index (χ0v) is 12.7. The van der Waals surface area contributed by atoms with Gasteiger partial charge >= 0.3 is 5.97 Å². The van der Waals surface area contributed by atoms with Crippen LogP contribution in [0.15, 0.2) is 29.8 Å². The van der Waals surface area contributed by atoms with Gasteiger partial charge in [-0.05, 0) is 57.4 Å². The molecule has 0 amide bonds. The largest absolute Gasteiger partial charge is 0.485 e. The Kier molecular flexibility index (Phi) is 4.37. The molecule has 1 heterocycles. The van der Waals surface area contributed by atoms with Gasteiger partial charge in [0.25, 0.3) is 0 Å². The van der Waals surface area contributed by atoms with Gasteiger partial charge in [-0.2, -0.15) is 0 Å². The molecule has 1 aromatic rings. The Bertz CT molecular complexity index is 572. The van der Waals surface area contributed by atoms with Crippen molar-refractivity contribution in [2.45, 2.75) is 51.7 Å². The van der Waals surface area contributed by atoms with Gasteiger partial charge in [0, 0.05) is 6.42 Å². The van der Waals surface area contributed by atoms with Crippen molar-refractivity contribution in [3.8, 4) is 5.75 Å². The Morgan fingerprint density at radius 3 is 2.81 bits per heavy atom. The molecule has 0 spiro atoms. The van der Waals surface area contributed by atoms with E-state index in [0.717, 1.165) is 18.4 Å². The first-order valence-corrected chi connectivity index (χ1v) is 7.18. The molecule has 1 aliphatic heterocycles. The topological polar surface area (TPSA) is 66.8 Å². The molecule has 114 valence electrons. The molecule has 4 nitrogen and oxygen atoms in total. The summed E-state index contributed by atoms with van der Waals surface area (Å²) in [4.78, 5) is 11.0. The summed E-state index contributed by atoms with van der Waals surface area (Å²) in [6.07, 6.45) is 3.48. The van der Waals surface area contributed by atoms with E-state index in [-0.39, 0.29) is 5.56 Å². The van der Waals surface area contributed by atoms with Gasteiger partial charge in [0.1, 0.15) is 11.4 Å². The summed E-state index contributed by atoms with van der Waals surface area (Å²) in [5.74, 6) is -0.297. The van der Waals surface area contributed by atoms with Crippen molar-refractivity contribution >= 4 is 5.97 Å². The lowest BCUT2D eigenvalue weighted by Gasteiger charge is -2.40. The van der Waals surface area contributed by atoms with E-state index in [0.29, 0.717) is 12.2 Å². The third kappa shape index (κ3) is 3.45. The van der Waals surface area contributed by atoms with E-state index in [1.165, 1.54) is 11.6 Å². The predicted molar refractivity (Wildman–Crippen MR) is 80.8 cm³/mol. The average molecular weight is 290 g/mol. The standard InChI is InChI=1S/C17H22O4/c1-11(2)5-4-8-17(3)15(18)10-13-9-12(16(19)20)6-7-14(13)21-17/h5-7,9,15,18H,4,8,10H2,1-3H3,(H,19,20). The van der Waals surface area contributed by atoms with Gasteiger partial charge in [0.05, 0.1) is 11.7 Å². The Morgan fingerprint density at radius 1 is 1.48 bits per heavy atom. The summed E-state index contributed by atoms with van der Waals surface area (Å²) < 4.78 is 5.98. The highest BCUT2D eigenvalue weighted by Gasteiger charge is 2.39. The first kappa shape index (κ1) is 15.6. The first-order chi connectivity index (χ1) is 9.82. The number of aliphatic hydroxyl groups excluding tert-OH is 1. The maximum Gasteiger partial charge on any atom is 0.335 e. The number of hydrogen-bond donors (Lipinski definition) is 2. The van der Waals surface area contributed by atoms with Crippen molar-refractivity contribution in [2.75, 3.05) is 0 Å². The van der Waals surface area contributed by atoms with Crippen molar-refractivity contribution in [2.24, 2.45) is 0 Å². The van der Waals surface area contributed by atoms with Crippen LogP contribution in [0.3, 0.4) is 0 Å². The Hall–Kier alpha value is -1.81. The molecule has 0 saturated heterocycles. The number of allylic oxidation sites excluding steroid dienone is 2. The lowest BCUT2D eigenvalue weighted by atomic mass is 9.85. The van der Waals surface area contributed by atoms with Gasteiger partial charge in [0.15, 0.2) is 0 Å². The second-order valence-corrected chi connectivity index (χ2v) is 6.08. The van der Waals surface area contributed by atoms with Crippen LogP contribution in [0.4, 0.5) is 0 Å². The van der Waals surface area contributed by atoms with Crippen LogP contribution in [0.25, 0.3) is 0 Å². The van der Waals surface area contributed by atoms with E-state index in [9.17, 15) is 9.90 Å². The second-order valence-electron chi connectivity index (χ2n) is 6.08. The predicted octanol–water partition coefficient (Wildman–Crippen LogP) is 3.19. The van der Waals surface area contributed by atoms with Crippen LogP contribution in [-0.2, 0) is 6.42 Å². The average Bonchev–Trinajstić information content (AvgIpc) is 2.39. The van der Waals surface area contributed by atoms with Crippen LogP contribution < -0.4 is 4.74 Å². The number of carboxylic acid groups (broad SMARTS) is 1. The molecule has 0 radical (unpaired) electrons. The highest BCUT2D eigenvalue weighted by Crippen LogP contribution is 2.36. The van der Waals surface area contributed by atoms with Crippen molar-refractivity contribution in [3.63, 3.8) is 0 Å². The fraction of sp³-hybridized carbons (Fsp3) is 0.471. The lowest BCUT2D eigenvalue weighted by Crippen LogP contribution is -2.48. The molecule has 1 aliphatic rings. The fourth-order valence-electron chi connectivity index (χ4n) is 2.58. The Labute approximate surface area is 125 Å². The van der Waals surface area contributed by atoms with Crippen molar-refractivity contribution in [1.29, 1.82) is 0 Å². The van der Waals surface area contributed by atoms with Gasteiger partial charge in [-0.15, -0.1) is 0 Å². The van der Waals surface area contributed by atoms with Crippen molar-refractivity contribution in [3.05, 3.63) is 41.0 Å². The molecule has 2 unspecified atom stereocenters. The molecule has 2 rings (SSSR count). The SMILES string of the molecule is CC(C)=CCCC1(C)Oc2ccc(C(=O)O)cc2CC1O. The number of hydrogen-bond acceptors (Lipinski definition) is 3. The molecule has 1 aromatic carbocycles. The molecule has 0 bridgehead atoms. The van der Waals surface area contributed by atoms with Crippen LogP contribution in [0.1, 0.15) is 49.5 Å². The number of aliphatic hydroxyl groups is 1. The smallest absolute Gasteiger partial charge is 0.335 e. The molecule has 0 saturated carbocycles. The summed E-state index contributed by atoms with van der Waals surface area (Å²) in [5, 5.41) is 19.4. The third-order valence-corrected chi connectivity index (χ3v) is 3.96. The fourth-order valence-corrected chi connectivity index (χ4v) is 2.58. The highest BCUT2D eigenvalue weighted by atomic mass is 16.5. The third-order valence-electron chi connectivity index (χ3n) is 3.96. The van der Waals surface area contributed by atoms with Crippen LogP contribution in [0.5, 0.6) is 5.75 Å². The van der Waals surface area contributed by atoms with Gasteiger partial charge in [0.2, 0.25) is 0 Å². The molecular formula is C17H22O4. The summed E-state index contributed by atoms with van der Waals surface area (Å²) >= 11 is 0. The Balaban J connectivity index is 2.19. The molecule has 0 aromatic heterocycles. The number of carbonyl (C=O) groups is 1. The summed E-state index contributed by atoms with van der Waals surface area (Å²) in [6.45, 7) is 6.00. The quantitative estimate of drug-likeness (QED) is 0.836. The number of aromatic carboxylic acids is 1. The van der Waals surface area contributed by atoms with Crippen molar-refractivity contribution < 1.29 is 19.7 Å². The van der Waals surface area contributed by atoms with E-state index < -0.39 is 17.7 Å². The maximum absolute atomic E-state index is 11.0. The molecule has 21 heavy (non-hydrogen) atoms. The van der Waals surface area contributed by atoms with Crippen LogP contribution >= 0.6 is 0 Å². The van der Waals surface area contributed by atoms with E-state index in [1.54, 1.807) is 12.1 Å². The molecular weight excluding hydrogens is 268 g/mol. The summed E-state index contributed by atoms with van der Waals surface area (Å²) in [7, 11) is 0. The molecule has 0 aliphatic carbocycles. The maximum atomic E-state index is 11.0. The van der Waals surface area contributed by atoms with Gasteiger partial charge in [-0.25, -0.2) is 4.79 Å². The van der Waals surface area contributed by atoms with E-state index in [4.69, 9.17) is 9.84 Å². The molecule has 0 fully saturated rings. The second kappa shape index (κ2) is 5.90. The molecule has 2 N–H and O–H groups in total. The number of fused-ring (bicyclic) bond motifs is 1. The van der Waals surface area contributed by atoms with E-state index >= 15 is 0 Å². The van der Waals surface area contributed by atoms with Crippen LogP contribution in [0, 0.1) is 0 Å².